The van der Waals surface area contributed by atoms with Gasteiger partial charge in [-0.3, -0.25) is 0 Å². The molecule has 0 aliphatic rings. The predicted molar refractivity (Wildman–Crippen MR) is 58.2 cm³/mol. The number of rotatable bonds is 4. The SMILES string of the molecule is N#Cc1ccc(CNCc2ccno2)cc1. The van der Waals surface area contributed by atoms with Crippen LogP contribution in [-0.2, 0) is 13.1 Å². The summed E-state index contributed by atoms with van der Waals surface area (Å²) in [6.07, 6.45) is 1.62. The topological polar surface area (TPSA) is 61.9 Å². The highest BCUT2D eigenvalue weighted by molar-refractivity contribution is 5.31. The summed E-state index contributed by atoms with van der Waals surface area (Å²) in [6, 6.07) is 11.4. The first-order valence-corrected chi connectivity index (χ1v) is 4.98. The van der Waals surface area contributed by atoms with E-state index in [4.69, 9.17) is 9.78 Å². The lowest BCUT2D eigenvalue weighted by Gasteiger charge is -2.02. The third-order valence-corrected chi connectivity index (χ3v) is 2.20. The van der Waals surface area contributed by atoms with Gasteiger partial charge in [-0.2, -0.15) is 5.26 Å². The van der Waals surface area contributed by atoms with Crippen molar-refractivity contribution in [2.45, 2.75) is 13.1 Å². The van der Waals surface area contributed by atoms with E-state index >= 15 is 0 Å². The lowest BCUT2D eigenvalue weighted by Crippen LogP contribution is -2.11. The van der Waals surface area contributed by atoms with E-state index in [2.05, 4.69) is 16.5 Å². The average molecular weight is 213 g/mol. The summed E-state index contributed by atoms with van der Waals surface area (Å²) in [5.74, 6) is 0.814. The Morgan fingerprint density at radius 3 is 2.62 bits per heavy atom. The van der Waals surface area contributed by atoms with E-state index < -0.39 is 0 Å². The van der Waals surface area contributed by atoms with Crippen LogP contribution in [0.1, 0.15) is 16.9 Å². The summed E-state index contributed by atoms with van der Waals surface area (Å²) in [5, 5.41) is 15.5. The van der Waals surface area contributed by atoms with E-state index in [0.29, 0.717) is 12.1 Å². The van der Waals surface area contributed by atoms with Gasteiger partial charge < -0.3 is 9.84 Å². The van der Waals surface area contributed by atoms with Crippen molar-refractivity contribution in [2.75, 3.05) is 0 Å². The highest BCUT2D eigenvalue weighted by Gasteiger charge is 1.97. The number of hydrogen-bond donors (Lipinski definition) is 1. The molecular weight excluding hydrogens is 202 g/mol. The van der Waals surface area contributed by atoms with Crippen LogP contribution in [0.5, 0.6) is 0 Å². The standard InChI is InChI=1S/C12H11N3O/c13-7-10-1-3-11(4-2-10)8-14-9-12-5-6-15-16-12/h1-6,14H,8-9H2. The third kappa shape index (κ3) is 2.69. The van der Waals surface area contributed by atoms with Crippen molar-refractivity contribution in [1.29, 1.82) is 5.26 Å². The first-order valence-electron chi connectivity index (χ1n) is 4.98. The van der Waals surface area contributed by atoms with E-state index in [0.717, 1.165) is 17.9 Å². The van der Waals surface area contributed by atoms with Crippen LogP contribution < -0.4 is 5.32 Å². The molecule has 0 amide bonds. The molecule has 0 saturated carbocycles. The van der Waals surface area contributed by atoms with Crippen molar-refractivity contribution in [1.82, 2.24) is 10.5 Å². The molecule has 0 saturated heterocycles. The summed E-state index contributed by atoms with van der Waals surface area (Å²) in [5.41, 5.74) is 1.82. The fourth-order valence-corrected chi connectivity index (χ4v) is 1.36. The molecule has 0 spiro atoms. The number of benzene rings is 1. The maximum absolute atomic E-state index is 8.64. The fraction of sp³-hybridized carbons (Fsp3) is 0.167. The molecule has 0 bridgehead atoms. The largest absolute Gasteiger partial charge is 0.360 e. The number of aromatic nitrogens is 1. The molecule has 1 heterocycles. The number of nitrogens with zero attached hydrogens (tertiary/aromatic N) is 2. The zero-order valence-corrected chi connectivity index (χ0v) is 8.68. The number of nitrogens with one attached hydrogen (secondary N) is 1. The molecule has 0 unspecified atom stereocenters. The van der Waals surface area contributed by atoms with Crippen LogP contribution in [0.15, 0.2) is 41.1 Å². The molecule has 1 aromatic heterocycles. The monoisotopic (exact) mass is 213 g/mol. The van der Waals surface area contributed by atoms with Gasteiger partial charge in [0, 0.05) is 12.6 Å². The predicted octanol–water partition coefficient (Wildman–Crippen LogP) is 1.84. The van der Waals surface area contributed by atoms with Crippen LogP contribution in [0.25, 0.3) is 0 Å². The molecule has 2 aromatic rings. The van der Waals surface area contributed by atoms with Crippen LogP contribution >= 0.6 is 0 Å². The smallest absolute Gasteiger partial charge is 0.150 e. The first kappa shape index (κ1) is 10.4. The van der Waals surface area contributed by atoms with Crippen LogP contribution in [0.2, 0.25) is 0 Å². The molecule has 1 aromatic carbocycles. The van der Waals surface area contributed by atoms with Gasteiger partial charge in [-0.25, -0.2) is 0 Å². The molecule has 80 valence electrons. The van der Waals surface area contributed by atoms with Crippen LogP contribution in [-0.4, -0.2) is 5.16 Å². The van der Waals surface area contributed by atoms with Crippen molar-refractivity contribution in [3.8, 4) is 6.07 Å². The van der Waals surface area contributed by atoms with Gasteiger partial charge in [0.25, 0.3) is 0 Å². The highest BCUT2D eigenvalue weighted by atomic mass is 16.5. The molecule has 16 heavy (non-hydrogen) atoms. The van der Waals surface area contributed by atoms with Gasteiger partial charge in [-0.05, 0) is 17.7 Å². The Kier molecular flexibility index (Phi) is 3.31. The molecule has 2 rings (SSSR count). The zero-order chi connectivity index (χ0) is 11.2. The molecule has 0 atom stereocenters. The molecule has 0 fully saturated rings. The summed E-state index contributed by atoms with van der Waals surface area (Å²) in [7, 11) is 0. The molecule has 0 aliphatic carbocycles. The van der Waals surface area contributed by atoms with Gasteiger partial charge in [0.2, 0.25) is 0 Å². The molecule has 4 heteroatoms. The highest BCUT2D eigenvalue weighted by Crippen LogP contribution is 2.03. The van der Waals surface area contributed by atoms with Crippen molar-refractivity contribution < 1.29 is 4.52 Å². The van der Waals surface area contributed by atoms with Crippen molar-refractivity contribution in [2.24, 2.45) is 0 Å². The van der Waals surface area contributed by atoms with Gasteiger partial charge in [0.1, 0.15) is 5.76 Å². The van der Waals surface area contributed by atoms with E-state index in [1.165, 1.54) is 0 Å². The Hall–Kier alpha value is -2.12. The Bertz CT molecular complexity index is 468. The molecular formula is C12H11N3O. The first-order chi connectivity index (χ1) is 7.88. The lowest BCUT2D eigenvalue weighted by molar-refractivity contribution is 0.373. The molecule has 1 N–H and O–H groups in total. The Morgan fingerprint density at radius 1 is 1.19 bits per heavy atom. The maximum atomic E-state index is 8.64. The van der Waals surface area contributed by atoms with Gasteiger partial charge in [0.15, 0.2) is 0 Å². The Morgan fingerprint density at radius 2 is 2.00 bits per heavy atom. The second-order valence-corrected chi connectivity index (χ2v) is 3.39. The molecule has 0 radical (unpaired) electrons. The van der Waals surface area contributed by atoms with E-state index in [9.17, 15) is 0 Å². The van der Waals surface area contributed by atoms with E-state index in [1.807, 2.05) is 30.3 Å². The summed E-state index contributed by atoms with van der Waals surface area (Å²) in [6.45, 7) is 1.40. The van der Waals surface area contributed by atoms with Crippen molar-refractivity contribution in [3.63, 3.8) is 0 Å². The second kappa shape index (κ2) is 5.10. The molecule has 4 nitrogen and oxygen atoms in total. The maximum Gasteiger partial charge on any atom is 0.150 e. The van der Waals surface area contributed by atoms with Crippen LogP contribution in [0, 0.1) is 11.3 Å². The Labute approximate surface area is 93.5 Å². The van der Waals surface area contributed by atoms with Gasteiger partial charge in [0.05, 0.1) is 24.4 Å². The van der Waals surface area contributed by atoms with E-state index in [1.54, 1.807) is 6.20 Å². The van der Waals surface area contributed by atoms with Crippen LogP contribution in [0.4, 0.5) is 0 Å². The van der Waals surface area contributed by atoms with Crippen molar-refractivity contribution in [3.05, 3.63) is 53.4 Å². The summed E-state index contributed by atoms with van der Waals surface area (Å²) in [4.78, 5) is 0. The second-order valence-electron chi connectivity index (χ2n) is 3.39. The minimum absolute atomic E-state index is 0.653. The van der Waals surface area contributed by atoms with Gasteiger partial charge >= 0.3 is 0 Å². The van der Waals surface area contributed by atoms with Crippen LogP contribution in [0.3, 0.4) is 0 Å². The minimum Gasteiger partial charge on any atom is -0.360 e. The van der Waals surface area contributed by atoms with Gasteiger partial charge in [-0.15, -0.1) is 0 Å². The number of nitriles is 1. The van der Waals surface area contributed by atoms with Gasteiger partial charge in [-0.1, -0.05) is 17.3 Å². The average Bonchev–Trinajstić information content (AvgIpc) is 2.83. The third-order valence-electron chi connectivity index (χ3n) is 2.20. The Balaban J connectivity index is 1.83. The summed E-state index contributed by atoms with van der Waals surface area (Å²) < 4.78 is 4.95. The number of hydrogen-bond acceptors (Lipinski definition) is 4. The van der Waals surface area contributed by atoms with E-state index in [-0.39, 0.29) is 0 Å². The lowest BCUT2D eigenvalue weighted by atomic mass is 10.1. The normalized spacial score (nSPS) is 9.94. The fourth-order valence-electron chi connectivity index (χ4n) is 1.36. The quantitative estimate of drug-likeness (QED) is 0.841. The minimum atomic E-state index is 0.653. The zero-order valence-electron chi connectivity index (χ0n) is 8.68. The van der Waals surface area contributed by atoms with Crippen molar-refractivity contribution >= 4 is 0 Å². The summed E-state index contributed by atoms with van der Waals surface area (Å²) >= 11 is 0. The molecule has 0 aliphatic heterocycles.